The molecule has 3 heteroatoms. The van der Waals surface area contributed by atoms with E-state index in [2.05, 4.69) is 58.4 Å². The van der Waals surface area contributed by atoms with E-state index in [9.17, 15) is 0 Å². The third kappa shape index (κ3) is 2.10. The SMILES string of the molecule is C1=CC2=C(OCc3ccccc3)N3CCCCC4(CCC(=C1)N24)C3. The van der Waals surface area contributed by atoms with Crippen molar-refractivity contribution in [2.24, 2.45) is 0 Å². The topological polar surface area (TPSA) is 15.7 Å². The predicted octanol–water partition coefficient (Wildman–Crippen LogP) is 4.16. The fourth-order valence-corrected chi connectivity index (χ4v) is 4.83. The second-order valence-corrected chi connectivity index (χ2v) is 7.42. The van der Waals surface area contributed by atoms with Gasteiger partial charge in [0.15, 0.2) is 0 Å². The Bertz CT molecular complexity index is 733. The van der Waals surface area contributed by atoms with Crippen LogP contribution in [0.5, 0.6) is 0 Å². The first kappa shape index (κ1) is 14.2. The van der Waals surface area contributed by atoms with Crippen molar-refractivity contribution >= 4 is 0 Å². The molecule has 2 fully saturated rings. The highest BCUT2D eigenvalue weighted by molar-refractivity contribution is 5.41. The molecular formula is C21H24N2O. The molecule has 0 amide bonds. The van der Waals surface area contributed by atoms with Crippen molar-refractivity contribution in [2.75, 3.05) is 13.1 Å². The van der Waals surface area contributed by atoms with E-state index in [0.29, 0.717) is 12.1 Å². The van der Waals surface area contributed by atoms with Crippen LogP contribution in [0.1, 0.15) is 37.7 Å². The summed E-state index contributed by atoms with van der Waals surface area (Å²) in [5, 5.41) is 0. The molecule has 4 heterocycles. The summed E-state index contributed by atoms with van der Waals surface area (Å²) < 4.78 is 6.39. The highest BCUT2D eigenvalue weighted by Gasteiger charge is 2.51. The molecule has 1 atom stereocenters. The maximum atomic E-state index is 6.39. The lowest BCUT2D eigenvalue weighted by molar-refractivity contribution is 0.0321. The van der Waals surface area contributed by atoms with E-state index >= 15 is 0 Å². The normalized spacial score (nSPS) is 27.8. The summed E-state index contributed by atoms with van der Waals surface area (Å²) in [4.78, 5) is 5.13. The number of nitrogens with zero attached hydrogens (tertiary/aromatic N) is 2. The van der Waals surface area contributed by atoms with Gasteiger partial charge in [-0.1, -0.05) is 36.4 Å². The molecule has 0 N–H and O–H groups in total. The molecule has 1 aromatic rings. The lowest BCUT2D eigenvalue weighted by atomic mass is 9.88. The predicted molar refractivity (Wildman–Crippen MR) is 94.7 cm³/mol. The van der Waals surface area contributed by atoms with Crippen molar-refractivity contribution in [2.45, 2.75) is 44.2 Å². The average molecular weight is 320 g/mol. The van der Waals surface area contributed by atoms with Crippen molar-refractivity contribution in [1.29, 1.82) is 0 Å². The van der Waals surface area contributed by atoms with Gasteiger partial charge in [-0.25, -0.2) is 0 Å². The molecule has 124 valence electrons. The standard InChI is InChI=1S/C21H24N2O/c1-2-7-17(8-3-1)15-24-20-19-10-6-9-18-11-13-21(23(18)19)12-4-5-14-22(20)16-21/h1-3,6-10H,4-5,11-16H2. The minimum absolute atomic E-state index is 0.308. The van der Waals surface area contributed by atoms with Gasteiger partial charge in [0.25, 0.3) is 0 Å². The molecule has 4 aliphatic rings. The minimum atomic E-state index is 0.308. The monoisotopic (exact) mass is 320 g/mol. The molecule has 4 aliphatic heterocycles. The quantitative estimate of drug-likeness (QED) is 0.832. The second kappa shape index (κ2) is 5.44. The Morgan fingerprint density at radius 2 is 2.00 bits per heavy atom. The van der Waals surface area contributed by atoms with Crippen molar-refractivity contribution in [3.63, 3.8) is 0 Å². The summed E-state index contributed by atoms with van der Waals surface area (Å²) in [6.07, 6.45) is 13.1. The fourth-order valence-electron chi connectivity index (χ4n) is 4.83. The number of rotatable bonds is 3. The van der Waals surface area contributed by atoms with Gasteiger partial charge in [-0.3, -0.25) is 0 Å². The molecule has 2 saturated heterocycles. The third-order valence-electron chi connectivity index (χ3n) is 5.92. The van der Waals surface area contributed by atoms with Crippen LogP contribution in [0, 0.1) is 0 Å². The van der Waals surface area contributed by atoms with Gasteiger partial charge in [-0.05, 0) is 49.8 Å². The number of hydrogen-bond donors (Lipinski definition) is 0. The summed E-state index contributed by atoms with van der Waals surface area (Å²) in [6, 6.07) is 10.5. The third-order valence-corrected chi connectivity index (χ3v) is 5.92. The van der Waals surface area contributed by atoms with Gasteiger partial charge in [0.2, 0.25) is 5.88 Å². The van der Waals surface area contributed by atoms with Crippen LogP contribution in [0.25, 0.3) is 0 Å². The molecule has 0 aromatic heterocycles. The zero-order valence-electron chi connectivity index (χ0n) is 14.1. The van der Waals surface area contributed by atoms with Crippen molar-refractivity contribution in [3.05, 3.63) is 71.4 Å². The Balaban J connectivity index is 1.52. The van der Waals surface area contributed by atoms with E-state index in [0.717, 1.165) is 19.0 Å². The molecule has 5 rings (SSSR count). The van der Waals surface area contributed by atoms with Gasteiger partial charge >= 0.3 is 0 Å². The first-order chi connectivity index (χ1) is 11.9. The van der Waals surface area contributed by atoms with Crippen LogP contribution in [-0.2, 0) is 11.3 Å². The summed E-state index contributed by atoms with van der Waals surface area (Å²) in [6.45, 7) is 2.88. The lowest BCUT2D eigenvalue weighted by Crippen LogP contribution is -2.54. The smallest absolute Gasteiger partial charge is 0.214 e. The van der Waals surface area contributed by atoms with E-state index in [-0.39, 0.29) is 0 Å². The summed E-state index contributed by atoms with van der Waals surface area (Å²) in [5.74, 6) is 1.08. The second-order valence-electron chi connectivity index (χ2n) is 7.42. The van der Waals surface area contributed by atoms with Gasteiger partial charge in [0.1, 0.15) is 12.3 Å². The number of hydrogen-bond acceptors (Lipinski definition) is 3. The van der Waals surface area contributed by atoms with Gasteiger partial charge in [0.05, 0.1) is 5.54 Å². The fraction of sp³-hybridized carbons (Fsp3) is 0.429. The first-order valence-corrected chi connectivity index (χ1v) is 9.19. The molecule has 3 nitrogen and oxygen atoms in total. The number of ether oxygens (including phenoxy) is 1. The van der Waals surface area contributed by atoms with Crippen LogP contribution in [0.15, 0.2) is 65.8 Å². The maximum Gasteiger partial charge on any atom is 0.214 e. The molecule has 1 unspecified atom stereocenters. The largest absolute Gasteiger partial charge is 0.473 e. The van der Waals surface area contributed by atoms with Crippen LogP contribution >= 0.6 is 0 Å². The van der Waals surface area contributed by atoms with E-state index < -0.39 is 0 Å². The minimum Gasteiger partial charge on any atom is -0.473 e. The molecule has 2 bridgehead atoms. The van der Waals surface area contributed by atoms with Crippen LogP contribution in [0.3, 0.4) is 0 Å². The average Bonchev–Trinajstić information content (AvgIpc) is 2.88. The zero-order valence-corrected chi connectivity index (χ0v) is 14.1. The van der Waals surface area contributed by atoms with Gasteiger partial charge in [-0.15, -0.1) is 0 Å². The molecular weight excluding hydrogens is 296 g/mol. The maximum absolute atomic E-state index is 6.39. The molecule has 1 aromatic carbocycles. The molecule has 1 spiro atoms. The summed E-state index contributed by atoms with van der Waals surface area (Å²) in [5.41, 5.74) is 4.31. The zero-order chi connectivity index (χ0) is 16.0. The number of fused-ring (bicyclic) bond motifs is 1. The van der Waals surface area contributed by atoms with Crippen molar-refractivity contribution in [1.82, 2.24) is 9.80 Å². The van der Waals surface area contributed by atoms with E-state index in [1.54, 1.807) is 0 Å². The molecule has 0 aliphatic carbocycles. The highest BCUT2D eigenvalue weighted by atomic mass is 16.5. The van der Waals surface area contributed by atoms with Gasteiger partial charge < -0.3 is 14.5 Å². The molecule has 0 radical (unpaired) electrons. The Kier molecular flexibility index (Phi) is 3.22. The van der Waals surface area contributed by atoms with Gasteiger partial charge in [0, 0.05) is 18.8 Å². The Morgan fingerprint density at radius 3 is 2.92 bits per heavy atom. The van der Waals surface area contributed by atoms with E-state index in [1.165, 1.54) is 49.1 Å². The number of benzene rings is 1. The Hall–Kier alpha value is -2.16. The van der Waals surface area contributed by atoms with Gasteiger partial charge in [-0.2, -0.15) is 0 Å². The molecule has 0 saturated carbocycles. The highest BCUT2D eigenvalue weighted by Crippen LogP contribution is 2.50. The Labute approximate surface area is 143 Å². The van der Waals surface area contributed by atoms with Crippen molar-refractivity contribution < 1.29 is 4.74 Å². The van der Waals surface area contributed by atoms with Crippen LogP contribution in [0.2, 0.25) is 0 Å². The number of allylic oxidation sites excluding steroid dienone is 4. The Morgan fingerprint density at radius 1 is 1.08 bits per heavy atom. The first-order valence-electron chi connectivity index (χ1n) is 9.19. The van der Waals surface area contributed by atoms with Crippen molar-refractivity contribution in [3.8, 4) is 0 Å². The van der Waals surface area contributed by atoms with Crippen LogP contribution < -0.4 is 0 Å². The van der Waals surface area contributed by atoms with E-state index in [4.69, 9.17) is 4.74 Å². The molecule has 24 heavy (non-hydrogen) atoms. The van der Waals surface area contributed by atoms with Crippen LogP contribution in [-0.4, -0.2) is 28.4 Å². The summed E-state index contributed by atoms with van der Waals surface area (Å²) in [7, 11) is 0. The van der Waals surface area contributed by atoms with Crippen LogP contribution in [0.4, 0.5) is 0 Å². The summed E-state index contributed by atoms with van der Waals surface area (Å²) >= 11 is 0. The lowest BCUT2D eigenvalue weighted by Gasteiger charge is -2.49. The van der Waals surface area contributed by atoms with E-state index in [1.807, 2.05) is 0 Å².